The maximum absolute atomic E-state index is 3.13. The molecule has 0 bridgehead atoms. The van der Waals surface area contributed by atoms with Gasteiger partial charge in [-0.05, 0) is 7.05 Å². The fourth-order valence-electron chi connectivity index (χ4n) is 0.974. The second-order valence-electron chi connectivity index (χ2n) is 2.33. The molecule has 0 unspecified atom stereocenters. The highest BCUT2D eigenvalue weighted by Crippen LogP contribution is 1.95. The van der Waals surface area contributed by atoms with Gasteiger partial charge in [0.25, 0.3) is 0 Å². The summed E-state index contributed by atoms with van der Waals surface area (Å²) in [5.74, 6) is 0. The zero-order valence-corrected chi connectivity index (χ0v) is 5.93. The third-order valence-corrected chi connectivity index (χ3v) is 1.57. The van der Waals surface area contributed by atoms with Gasteiger partial charge in [0.1, 0.15) is 0 Å². The Morgan fingerprint density at radius 3 is 2.67 bits per heavy atom. The Hall–Kier alpha value is -0.340. The zero-order chi connectivity index (χ0) is 6.53. The number of hydrogen-bond acceptors (Lipinski definition) is 2. The summed E-state index contributed by atoms with van der Waals surface area (Å²) in [5, 5.41) is 3.13. The van der Waals surface area contributed by atoms with Gasteiger partial charge in [0, 0.05) is 26.2 Å². The first-order chi connectivity index (χ1) is 4.43. The summed E-state index contributed by atoms with van der Waals surface area (Å²) in [6.45, 7) is 4.55. The van der Waals surface area contributed by atoms with Crippen LogP contribution in [0, 0.1) is 0 Å². The van der Waals surface area contributed by atoms with E-state index in [1.165, 1.54) is 6.54 Å². The molecule has 2 heteroatoms. The lowest BCUT2D eigenvalue weighted by Crippen LogP contribution is -2.28. The van der Waals surface area contributed by atoms with Gasteiger partial charge in [-0.1, -0.05) is 12.2 Å². The van der Waals surface area contributed by atoms with Crippen molar-refractivity contribution in [1.82, 2.24) is 10.2 Å². The van der Waals surface area contributed by atoms with Crippen molar-refractivity contribution < 1.29 is 0 Å². The van der Waals surface area contributed by atoms with Gasteiger partial charge in [0.15, 0.2) is 0 Å². The molecular weight excluding hydrogens is 112 g/mol. The third-order valence-electron chi connectivity index (χ3n) is 1.57. The van der Waals surface area contributed by atoms with Gasteiger partial charge in [-0.25, -0.2) is 0 Å². The van der Waals surface area contributed by atoms with Crippen LogP contribution in [0.1, 0.15) is 0 Å². The van der Waals surface area contributed by atoms with E-state index in [4.69, 9.17) is 0 Å². The Morgan fingerprint density at radius 2 is 2.11 bits per heavy atom. The Labute approximate surface area is 56.5 Å². The molecule has 0 aromatic carbocycles. The summed E-state index contributed by atoms with van der Waals surface area (Å²) < 4.78 is 0. The molecule has 0 aromatic heterocycles. The first kappa shape index (κ1) is 6.78. The lowest BCUT2D eigenvalue weighted by Gasteiger charge is -2.12. The lowest BCUT2D eigenvalue weighted by molar-refractivity contribution is 0.353. The highest BCUT2D eigenvalue weighted by Gasteiger charge is 2.02. The fraction of sp³-hybridized carbons (Fsp3) is 0.714. The Bertz CT molecular complexity index is 91.1. The summed E-state index contributed by atoms with van der Waals surface area (Å²) in [6, 6.07) is 0. The minimum Gasteiger partial charge on any atom is -0.318 e. The van der Waals surface area contributed by atoms with Crippen LogP contribution in [-0.2, 0) is 0 Å². The van der Waals surface area contributed by atoms with Crippen molar-refractivity contribution in [1.29, 1.82) is 0 Å². The maximum Gasteiger partial charge on any atom is 0.0167 e. The van der Waals surface area contributed by atoms with Crippen molar-refractivity contribution in [3.63, 3.8) is 0 Å². The molecule has 0 atom stereocenters. The smallest absolute Gasteiger partial charge is 0.0167 e. The number of likely N-dealkylation sites (N-methyl/N-ethyl adjacent to an activating group) is 1. The van der Waals surface area contributed by atoms with E-state index in [2.05, 4.69) is 22.4 Å². The Kier molecular flexibility index (Phi) is 2.74. The Balaban J connectivity index is 2.01. The van der Waals surface area contributed by atoms with E-state index in [1.54, 1.807) is 0 Å². The van der Waals surface area contributed by atoms with E-state index in [-0.39, 0.29) is 0 Å². The van der Waals surface area contributed by atoms with Crippen molar-refractivity contribution in [3.8, 4) is 0 Å². The van der Waals surface area contributed by atoms with E-state index in [1.807, 2.05) is 7.05 Å². The maximum atomic E-state index is 3.13. The van der Waals surface area contributed by atoms with Crippen molar-refractivity contribution in [2.75, 3.05) is 33.2 Å². The SMILES string of the molecule is CNCCN1CC=CC1. The molecule has 1 aliphatic heterocycles. The van der Waals surface area contributed by atoms with Gasteiger partial charge < -0.3 is 5.32 Å². The molecule has 52 valence electrons. The van der Waals surface area contributed by atoms with Gasteiger partial charge in [-0.2, -0.15) is 0 Å². The second-order valence-corrected chi connectivity index (χ2v) is 2.33. The summed E-state index contributed by atoms with van der Waals surface area (Å²) in [4.78, 5) is 2.40. The van der Waals surface area contributed by atoms with E-state index >= 15 is 0 Å². The monoisotopic (exact) mass is 126 g/mol. The van der Waals surface area contributed by atoms with Crippen molar-refractivity contribution in [2.45, 2.75) is 0 Å². The summed E-state index contributed by atoms with van der Waals surface area (Å²) in [6.07, 6.45) is 4.44. The number of rotatable bonds is 3. The first-order valence-electron chi connectivity index (χ1n) is 3.45. The van der Waals surface area contributed by atoms with Crippen molar-refractivity contribution >= 4 is 0 Å². The van der Waals surface area contributed by atoms with Crippen LogP contribution < -0.4 is 5.32 Å². The Morgan fingerprint density at radius 1 is 1.44 bits per heavy atom. The average Bonchev–Trinajstić information content (AvgIpc) is 2.34. The van der Waals surface area contributed by atoms with Gasteiger partial charge in [0.05, 0.1) is 0 Å². The molecule has 1 rings (SSSR count). The predicted molar refractivity (Wildman–Crippen MR) is 39.5 cm³/mol. The van der Waals surface area contributed by atoms with Gasteiger partial charge in [-0.15, -0.1) is 0 Å². The molecule has 2 nitrogen and oxygen atoms in total. The molecule has 0 saturated carbocycles. The molecule has 0 spiro atoms. The number of nitrogens with one attached hydrogen (secondary N) is 1. The normalized spacial score (nSPS) is 19.2. The molecule has 1 N–H and O–H groups in total. The summed E-state index contributed by atoms with van der Waals surface area (Å²) >= 11 is 0. The number of hydrogen-bond donors (Lipinski definition) is 1. The highest BCUT2D eigenvalue weighted by molar-refractivity contribution is 4.95. The second kappa shape index (κ2) is 3.64. The summed E-state index contributed by atoms with van der Waals surface area (Å²) in [7, 11) is 1.99. The van der Waals surface area contributed by atoms with Crippen LogP contribution in [0.4, 0.5) is 0 Å². The molecule has 9 heavy (non-hydrogen) atoms. The fourth-order valence-corrected chi connectivity index (χ4v) is 0.974. The van der Waals surface area contributed by atoms with Gasteiger partial charge in [0.2, 0.25) is 0 Å². The van der Waals surface area contributed by atoms with E-state index in [9.17, 15) is 0 Å². The van der Waals surface area contributed by atoms with Crippen LogP contribution in [0.15, 0.2) is 12.2 Å². The molecular formula is C7H14N2. The van der Waals surface area contributed by atoms with Crippen LogP contribution in [0.25, 0.3) is 0 Å². The van der Waals surface area contributed by atoms with Crippen molar-refractivity contribution in [3.05, 3.63) is 12.2 Å². The first-order valence-corrected chi connectivity index (χ1v) is 3.45. The molecule has 0 aromatic rings. The molecule has 0 amide bonds. The molecule has 0 aliphatic carbocycles. The zero-order valence-electron chi connectivity index (χ0n) is 5.93. The topological polar surface area (TPSA) is 15.3 Å². The molecule has 0 saturated heterocycles. The quantitative estimate of drug-likeness (QED) is 0.539. The average molecular weight is 126 g/mol. The van der Waals surface area contributed by atoms with Crippen LogP contribution >= 0.6 is 0 Å². The van der Waals surface area contributed by atoms with E-state index in [0.717, 1.165) is 19.6 Å². The van der Waals surface area contributed by atoms with E-state index in [0.29, 0.717) is 0 Å². The van der Waals surface area contributed by atoms with Crippen LogP contribution in [0.2, 0.25) is 0 Å². The van der Waals surface area contributed by atoms with Crippen molar-refractivity contribution in [2.24, 2.45) is 0 Å². The lowest BCUT2D eigenvalue weighted by atomic mass is 10.5. The van der Waals surface area contributed by atoms with Gasteiger partial charge >= 0.3 is 0 Å². The third kappa shape index (κ3) is 2.16. The standard InChI is InChI=1S/C7H14N2/c1-8-4-7-9-5-2-3-6-9/h2-3,8H,4-7H2,1H3. The molecule has 0 radical (unpaired) electrons. The highest BCUT2D eigenvalue weighted by atomic mass is 15.1. The van der Waals surface area contributed by atoms with Crippen LogP contribution in [0.5, 0.6) is 0 Å². The molecule has 1 heterocycles. The largest absolute Gasteiger partial charge is 0.318 e. The minimum absolute atomic E-state index is 1.10. The van der Waals surface area contributed by atoms with Gasteiger partial charge in [-0.3, -0.25) is 4.90 Å². The number of nitrogens with zero attached hydrogens (tertiary/aromatic N) is 1. The molecule has 0 fully saturated rings. The predicted octanol–water partition coefficient (Wildman–Crippen LogP) is 0.0776. The van der Waals surface area contributed by atoms with Crippen LogP contribution in [0.3, 0.4) is 0 Å². The summed E-state index contributed by atoms with van der Waals surface area (Å²) in [5.41, 5.74) is 0. The molecule has 1 aliphatic rings. The van der Waals surface area contributed by atoms with Crippen LogP contribution in [-0.4, -0.2) is 38.1 Å². The minimum atomic E-state index is 1.10. The van der Waals surface area contributed by atoms with E-state index < -0.39 is 0 Å².